The standard InChI is InChI=1S/C22H26BrNO/c1-15-9-17-10-16(2)12-22(11-15,13-17)18-3-6-20(7-4-18)25-21-8-5-19(23)14-24-21/h3-8,14-17H,9-13H2,1-2H3. The average molecular weight is 400 g/mol. The molecule has 0 radical (unpaired) electrons. The minimum Gasteiger partial charge on any atom is -0.439 e. The summed E-state index contributed by atoms with van der Waals surface area (Å²) in [6, 6.07) is 12.6. The van der Waals surface area contributed by atoms with Crippen molar-refractivity contribution in [1.29, 1.82) is 0 Å². The van der Waals surface area contributed by atoms with Gasteiger partial charge in [0.2, 0.25) is 5.88 Å². The molecule has 2 bridgehead atoms. The van der Waals surface area contributed by atoms with Crippen LogP contribution in [0.25, 0.3) is 0 Å². The van der Waals surface area contributed by atoms with Gasteiger partial charge in [-0.2, -0.15) is 0 Å². The average Bonchev–Trinajstić information content (AvgIpc) is 2.56. The van der Waals surface area contributed by atoms with Gasteiger partial charge < -0.3 is 4.74 Å². The Morgan fingerprint density at radius 1 is 0.960 bits per heavy atom. The van der Waals surface area contributed by atoms with E-state index >= 15 is 0 Å². The van der Waals surface area contributed by atoms with Crippen LogP contribution in [0.5, 0.6) is 11.6 Å². The highest BCUT2D eigenvalue weighted by molar-refractivity contribution is 9.10. The summed E-state index contributed by atoms with van der Waals surface area (Å²) < 4.78 is 6.85. The van der Waals surface area contributed by atoms with E-state index in [0.717, 1.165) is 28.0 Å². The van der Waals surface area contributed by atoms with Gasteiger partial charge in [0.25, 0.3) is 0 Å². The second-order valence-corrected chi connectivity index (χ2v) is 9.30. The van der Waals surface area contributed by atoms with Crippen molar-refractivity contribution in [3.05, 3.63) is 52.6 Å². The smallest absolute Gasteiger partial charge is 0.219 e. The summed E-state index contributed by atoms with van der Waals surface area (Å²) >= 11 is 3.40. The van der Waals surface area contributed by atoms with Crippen LogP contribution in [0.15, 0.2) is 47.1 Å². The molecule has 2 aromatic rings. The topological polar surface area (TPSA) is 22.1 Å². The fourth-order valence-electron chi connectivity index (χ4n) is 5.48. The molecule has 2 atom stereocenters. The van der Waals surface area contributed by atoms with E-state index in [-0.39, 0.29) is 0 Å². The van der Waals surface area contributed by atoms with E-state index in [9.17, 15) is 0 Å². The first kappa shape index (κ1) is 17.1. The molecule has 2 saturated carbocycles. The number of aromatic nitrogens is 1. The van der Waals surface area contributed by atoms with Gasteiger partial charge in [0.15, 0.2) is 0 Å². The van der Waals surface area contributed by atoms with Crippen molar-refractivity contribution in [2.24, 2.45) is 17.8 Å². The second-order valence-electron chi connectivity index (χ2n) is 8.38. The van der Waals surface area contributed by atoms with Crippen LogP contribution in [0.2, 0.25) is 0 Å². The predicted molar refractivity (Wildman–Crippen MR) is 105 cm³/mol. The third kappa shape index (κ3) is 3.62. The molecule has 0 spiro atoms. The third-order valence-corrected chi connectivity index (χ3v) is 6.49. The van der Waals surface area contributed by atoms with Crippen LogP contribution in [0.4, 0.5) is 0 Å². The van der Waals surface area contributed by atoms with E-state index in [2.05, 4.69) is 59.0 Å². The van der Waals surface area contributed by atoms with Crippen LogP contribution in [0.3, 0.4) is 0 Å². The van der Waals surface area contributed by atoms with Crippen molar-refractivity contribution >= 4 is 15.9 Å². The molecule has 2 aliphatic rings. The predicted octanol–water partition coefficient (Wildman–Crippen LogP) is 6.74. The van der Waals surface area contributed by atoms with Gasteiger partial charge in [-0.05, 0) is 95.0 Å². The highest BCUT2D eigenvalue weighted by Crippen LogP contribution is 2.54. The molecule has 2 nitrogen and oxygen atoms in total. The molecule has 1 aromatic carbocycles. The Morgan fingerprint density at radius 3 is 2.24 bits per heavy atom. The number of hydrogen-bond acceptors (Lipinski definition) is 2. The lowest BCUT2D eigenvalue weighted by atomic mass is 9.54. The van der Waals surface area contributed by atoms with Crippen molar-refractivity contribution in [2.45, 2.75) is 51.4 Å². The van der Waals surface area contributed by atoms with Crippen molar-refractivity contribution in [1.82, 2.24) is 4.98 Å². The first-order valence-corrected chi connectivity index (χ1v) is 10.2. The van der Waals surface area contributed by atoms with Gasteiger partial charge in [-0.15, -0.1) is 0 Å². The Bertz CT molecular complexity index is 705. The first-order valence-electron chi connectivity index (χ1n) is 9.42. The van der Waals surface area contributed by atoms with Gasteiger partial charge in [-0.25, -0.2) is 4.98 Å². The molecule has 0 N–H and O–H groups in total. The summed E-state index contributed by atoms with van der Waals surface area (Å²) in [5.74, 6) is 4.09. The number of hydrogen-bond donors (Lipinski definition) is 0. The molecule has 0 aliphatic heterocycles. The lowest BCUT2D eigenvalue weighted by Crippen LogP contribution is -2.42. The summed E-state index contributed by atoms with van der Waals surface area (Å²) in [5.41, 5.74) is 1.89. The zero-order chi connectivity index (χ0) is 17.4. The zero-order valence-corrected chi connectivity index (χ0v) is 16.6. The molecule has 4 rings (SSSR count). The monoisotopic (exact) mass is 399 g/mol. The highest BCUT2D eigenvalue weighted by atomic mass is 79.9. The largest absolute Gasteiger partial charge is 0.439 e. The molecule has 1 aromatic heterocycles. The minimum absolute atomic E-state index is 0.383. The number of nitrogens with zero attached hydrogens (tertiary/aromatic N) is 1. The van der Waals surface area contributed by atoms with Gasteiger partial charge in [-0.3, -0.25) is 0 Å². The minimum atomic E-state index is 0.383. The molecule has 1 heterocycles. The van der Waals surface area contributed by atoms with Crippen molar-refractivity contribution in [3.63, 3.8) is 0 Å². The Hall–Kier alpha value is -1.35. The summed E-state index contributed by atoms with van der Waals surface area (Å²) in [4.78, 5) is 4.29. The van der Waals surface area contributed by atoms with E-state index in [1.54, 1.807) is 6.20 Å². The Kier molecular flexibility index (Phi) is 4.61. The Balaban J connectivity index is 1.55. The maximum Gasteiger partial charge on any atom is 0.219 e. The zero-order valence-electron chi connectivity index (χ0n) is 15.0. The van der Waals surface area contributed by atoms with E-state index in [1.807, 2.05) is 12.1 Å². The van der Waals surface area contributed by atoms with E-state index in [4.69, 9.17) is 4.74 Å². The molecule has 0 saturated heterocycles. The van der Waals surface area contributed by atoms with Gasteiger partial charge in [0, 0.05) is 16.7 Å². The molecule has 25 heavy (non-hydrogen) atoms. The first-order chi connectivity index (χ1) is 12.0. The van der Waals surface area contributed by atoms with Gasteiger partial charge in [0.05, 0.1) is 0 Å². The number of benzene rings is 1. The lowest BCUT2D eigenvalue weighted by Gasteiger charge is -2.50. The normalized spacial score (nSPS) is 31.6. The third-order valence-electron chi connectivity index (χ3n) is 6.02. The van der Waals surface area contributed by atoms with E-state index in [0.29, 0.717) is 11.3 Å². The molecular weight excluding hydrogens is 374 g/mol. The van der Waals surface area contributed by atoms with Gasteiger partial charge >= 0.3 is 0 Å². The highest BCUT2D eigenvalue weighted by Gasteiger charge is 2.45. The summed E-state index contributed by atoms with van der Waals surface area (Å²) in [5, 5.41) is 0. The number of rotatable bonds is 3. The number of ether oxygens (including phenoxy) is 1. The molecular formula is C22H26BrNO. The van der Waals surface area contributed by atoms with Crippen LogP contribution in [-0.4, -0.2) is 4.98 Å². The van der Waals surface area contributed by atoms with Gasteiger partial charge in [-0.1, -0.05) is 26.0 Å². The Labute approximate surface area is 159 Å². The van der Waals surface area contributed by atoms with Crippen molar-refractivity contribution < 1.29 is 4.74 Å². The molecule has 2 fully saturated rings. The van der Waals surface area contributed by atoms with Crippen molar-refractivity contribution in [2.75, 3.05) is 0 Å². The summed E-state index contributed by atoms with van der Waals surface area (Å²) in [6.45, 7) is 4.88. The quantitative estimate of drug-likeness (QED) is 0.569. The SMILES string of the molecule is CC1CC2CC(C)CC(c3ccc(Oc4ccc(Br)cn4)cc3)(C1)C2. The van der Waals surface area contributed by atoms with Crippen LogP contribution >= 0.6 is 15.9 Å². The fourth-order valence-corrected chi connectivity index (χ4v) is 5.71. The lowest BCUT2D eigenvalue weighted by molar-refractivity contribution is 0.0780. The molecule has 0 amide bonds. The maximum atomic E-state index is 5.89. The summed E-state index contributed by atoms with van der Waals surface area (Å²) in [6.07, 6.45) is 8.64. The van der Waals surface area contributed by atoms with Crippen LogP contribution in [0.1, 0.15) is 51.5 Å². The van der Waals surface area contributed by atoms with Crippen LogP contribution in [-0.2, 0) is 5.41 Å². The van der Waals surface area contributed by atoms with Crippen LogP contribution < -0.4 is 4.74 Å². The summed E-state index contributed by atoms with van der Waals surface area (Å²) in [7, 11) is 0. The number of halogens is 1. The second kappa shape index (κ2) is 6.75. The van der Waals surface area contributed by atoms with Crippen LogP contribution in [0, 0.1) is 17.8 Å². The fraction of sp³-hybridized carbons (Fsp3) is 0.500. The van der Waals surface area contributed by atoms with E-state index in [1.165, 1.54) is 37.7 Å². The molecule has 2 unspecified atom stereocenters. The molecule has 3 heteroatoms. The Morgan fingerprint density at radius 2 is 1.64 bits per heavy atom. The molecule has 2 aliphatic carbocycles. The molecule has 132 valence electrons. The van der Waals surface area contributed by atoms with Gasteiger partial charge in [0.1, 0.15) is 5.75 Å². The van der Waals surface area contributed by atoms with E-state index < -0.39 is 0 Å². The van der Waals surface area contributed by atoms with Crippen molar-refractivity contribution in [3.8, 4) is 11.6 Å². The maximum absolute atomic E-state index is 5.89. The number of pyridine rings is 1. The number of fused-ring (bicyclic) bond motifs is 2.